The summed E-state index contributed by atoms with van der Waals surface area (Å²) in [6.07, 6.45) is -2.72. The van der Waals surface area contributed by atoms with E-state index in [0.717, 1.165) is 25.0 Å². The predicted molar refractivity (Wildman–Crippen MR) is 62.0 cm³/mol. The first-order valence-corrected chi connectivity index (χ1v) is 6.06. The van der Waals surface area contributed by atoms with Gasteiger partial charge in [-0.15, -0.1) is 0 Å². The highest BCUT2D eigenvalue weighted by atomic mass is 19.4. The van der Waals surface area contributed by atoms with Gasteiger partial charge in [-0.3, -0.25) is 9.63 Å². The molecule has 0 N–H and O–H groups in total. The standard InChI is InChI=1S/C13H14F3NO2/c14-13(15,16)11-5-3-4-10(8-11)9-12(18)17-6-1-2-7-19-17/h3-5,8H,1-2,6-7,9H2. The Labute approximate surface area is 108 Å². The van der Waals surface area contributed by atoms with E-state index in [2.05, 4.69) is 0 Å². The maximum atomic E-state index is 12.5. The van der Waals surface area contributed by atoms with Crippen LogP contribution in [-0.2, 0) is 22.2 Å². The van der Waals surface area contributed by atoms with Gasteiger partial charge in [-0.2, -0.15) is 13.2 Å². The Hall–Kier alpha value is -1.56. The molecule has 1 aromatic rings. The minimum atomic E-state index is -4.39. The Kier molecular flexibility index (Phi) is 4.09. The lowest BCUT2D eigenvalue weighted by Crippen LogP contribution is -2.36. The molecular weight excluding hydrogens is 259 g/mol. The molecule has 6 heteroatoms. The molecule has 0 atom stereocenters. The van der Waals surface area contributed by atoms with E-state index in [9.17, 15) is 18.0 Å². The lowest BCUT2D eigenvalue weighted by Gasteiger charge is -2.25. The zero-order valence-electron chi connectivity index (χ0n) is 10.2. The van der Waals surface area contributed by atoms with Crippen LogP contribution in [-0.4, -0.2) is 24.1 Å². The summed E-state index contributed by atoms with van der Waals surface area (Å²) in [4.78, 5) is 17.0. The first kappa shape index (κ1) is 13.9. The van der Waals surface area contributed by atoms with Crippen LogP contribution in [0.15, 0.2) is 24.3 Å². The van der Waals surface area contributed by atoms with Gasteiger partial charge in [-0.25, -0.2) is 5.06 Å². The zero-order valence-corrected chi connectivity index (χ0v) is 10.2. The summed E-state index contributed by atoms with van der Waals surface area (Å²) < 4.78 is 37.6. The lowest BCUT2D eigenvalue weighted by molar-refractivity contribution is -0.196. The number of carbonyl (C=O) groups is 1. The molecular formula is C13H14F3NO2. The van der Waals surface area contributed by atoms with Gasteiger partial charge < -0.3 is 0 Å². The molecule has 1 aliphatic heterocycles. The molecule has 1 fully saturated rings. The molecule has 19 heavy (non-hydrogen) atoms. The van der Waals surface area contributed by atoms with Gasteiger partial charge in [-0.05, 0) is 24.5 Å². The fraction of sp³-hybridized carbons (Fsp3) is 0.462. The average molecular weight is 273 g/mol. The number of hydrogen-bond donors (Lipinski definition) is 0. The van der Waals surface area contributed by atoms with E-state index < -0.39 is 11.7 Å². The van der Waals surface area contributed by atoms with Crippen molar-refractivity contribution in [3.8, 4) is 0 Å². The van der Waals surface area contributed by atoms with E-state index >= 15 is 0 Å². The highest BCUT2D eigenvalue weighted by molar-refractivity contribution is 5.77. The highest BCUT2D eigenvalue weighted by Crippen LogP contribution is 2.29. The number of nitrogens with zero attached hydrogens (tertiary/aromatic N) is 1. The first-order valence-electron chi connectivity index (χ1n) is 6.06. The van der Waals surface area contributed by atoms with E-state index in [1.807, 2.05) is 0 Å². The smallest absolute Gasteiger partial charge is 0.272 e. The molecule has 1 amide bonds. The Balaban J connectivity index is 2.04. The van der Waals surface area contributed by atoms with Crippen LogP contribution in [0.25, 0.3) is 0 Å². The van der Waals surface area contributed by atoms with E-state index in [1.165, 1.54) is 17.2 Å². The second-order valence-corrected chi connectivity index (χ2v) is 4.41. The quantitative estimate of drug-likeness (QED) is 0.829. The number of rotatable bonds is 2. The molecule has 0 aliphatic carbocycles. The molecule has 3 nitrogen and oxygen atoms in total. The van der Waals surface area contributed by atoms with E-state index in [-0.39, 0.29) is 12.3 Å². The van der Waals surface area contributed by atoms with Crippen LogP contribution in [0.1, 0.15) is 24.0 Å². The van der Waals surface area contributed by atoms with Crippen molar-refractivity contribution in [1.82, 2.24) is 5.06 Å². The maximum Gasteiger partial charge on any atom is 0.416 e. The number of alkyl halides is 3. The third kappa shape index (κ3) is 3.70. The molecule has 0 aromatic heterocycles. The van der Waals surface area contributed by atoms with Gasteiger partial charge in [0.2, 0.25) is 0 Å². The molecule has 0 bridgehead atoms. The molecule has 1 aromatic carbocycles. The van der Waals surface area contributed by atoms with Gasteiger partial charge in [-0.1, -0.05) is 18.2 Å². The average Bonchev–Trinajstić information content (AvgIpc) is 2.39. The van der Waals surface area contributed by atoms with Crippen LogP contribution in [0.3, 0.4) is 0 Å². The van der Waals surface area contributed by atoms with Crippen LogP contribution >= 0.6 is 0 Å². The van der Waals surface area contributed by atoms with Gasteiger partial charge >= 0.3 is 6.18 Å². The lowest BCUT2D eigenvalue weighted by atomic mass is 10.1. The minimum absolute atomic E-state index is 0.0794. The third-order valence-corrected chi connectivity index (χ3v) is 2.89. The monoisotopic (exact) mass is 273 g/mol. The Bertz CT molecular complexity index is 453. The summed E-state index contributed by atoms with van der Waals surface area (Å²) >= 11 is 0. The molecule has 0 spiro atoms. The Morgan fingerprint density at radius 2 is 2.11 bits per heavy atom. The maximum absolute atomic E-state index is 12.5. The summed E-state index contributed by atoms with van der Waals surface area (Å²) in [6, 6.07) is 4.81. The zero-order chi connectivity index (χ0) is 13.9. The SMILES string of the molecule is O=C(Cc1cccc(C(F)(F)F)c1)N1CCCCO1. The molecule has 1 aliphatic rings. The normalized spacial score (nSPS) is 16.5. The molecule has 1 heterocycles. The molecule has 104 valence electrons. The van der Waals surface area contributed by atoms with Crippen molar-refractivity contribution in [3.05, 3.63) is 35.4 Å². The summed E-state index contributed by atoms with van der Waals surface area (Å²) in [5.41, 5.74) is -0.397. The van der Waals surface area contributed by atoms with Crippen molar-refractivity contribution in [3.63, 3.8) is 0 Å². The predicted octanol–water partition coefficient (Wildman–Crippen LogP) is 2.80. The van der Waals surface area contributed by atoms with Crippen molar-refractivity contribution < 1.29 is 22.8 Å². The number of halogens is 3. The van der Waals surface area contributed by atoms with Crippen molar-refractivity contribution in [2.75, 3.05) is 13.2 Å². The summed E-state index contributed by atoms with van der Waals surface area (Å²) in [5, 5.41) is 1.24. The minimum Gasteiger partial charge on any atom is -0.272 e. The van der Waals surface area contributed by atoms with E-state index in [4.69, 9.17) is 4.84 Å². The van der Waals surface area contributed by atoms with Gasteiger partial charge in [0, 0.05) is 6.54 Å². The number of amides is 1. The summed E-state index contributed by atoms with van der Waals surface area (Å²) in [5.74, 6) is -0.306. The molecule has 0 radical (unpaired) electrons. The number of hydroxylamine groups is 2. The fourth-order valence-corrected chi connectivity index (χ4v) is 1.91. The third-order valence-electron chi connectivity index (χ3n) is 2.89. The van der Waals surface area contributed by atoms with Crippen LogP contribution < -0.4 is 0 Å². The summed E-state index contributed by atoms with van der Waals surface area (Å²) in [6.45, 7) is 0.978. The molecule has 2 rings (SSSR count). The van der Waals surface area contributed by atoms with Gasteiger partial charge in [0.15, 0.2) is 0 Å². The van der Waals surface area contributed by atoms with Crippen LogP contribution in [0.2, 0.25) is 0 Å². The summed E-state index contributed by atoms with van der Waals surface area (Å²) in [7, 11) is 0. The van der Waals surface area contributed by atoms with Crippen molar-refractivity contribution in [2.45, 2.75) is 25.4 Å². The highest BCUT2D eigenvalue weighted by Gasteiger charge is 2.30. The number of hydrogen-bond acceptors (Lipinski definition) is 2. The van der Waals surface area contributed by atoms with Gasteiger partial charge in [0.25, 0.3) is 5.91 Å². The molecule has 1 saturated heterocycles. The van der Waals surface area contributed by atoms with Gasteiger partial charge in [0.05, 0.1) is 18.6 Å². The van der Waals surface area contributed by atoms with Crippen LogP contribution in [0.5, 0.6) is 0 Å². The second kappa shape index (κ2) is 5.61. The molecule has 0 saturated carbocycles. The molecule has 0 unspecified atom stereocenters. The second-order valence-electron chi connectivity index (χ2n) is 4.41. The number of benzene rings is 1. The van der Waals surface area contributed by atoms with Crippen LogP contribution in [0.4, 0.5) is 13.2 Å². The van der Waals surface area contributed by atoms with Crippen LogP contribution in [0, 0.1) is 0 Å². The topological polar surface area (TPSA) is 29.5 Å². The van der Waals surface area contributed by atoms with Crippen molar-refractivity contribution in [2.24, 2.45) is 0 Å². The fourth-order valence-electron chi connectivity index (χ4n) is 1.91. The van der Waals surface area contributed by atoms with Crippen molar-refractivity contribution >= 4 is 5.91 Å². The Morgan fingerprint density at radius 3 is 2.74 bits per heavy atom. The van der Waals surface area contributed by atoms with Crippen molar-refractivity contribution in [1.29, 1.82) is 0 Å². The number of carbonyl (C=O) groups excluding carboxylic acids is 1. The Morgan fingerprint density at radius 1 is 1.32 bits per heavy atom. The van der Waals surface area contributed by atoms with E-state index in [0.29, 0.717) is 18.7 Å². The first-order chi connectivity index (χ1) is 8.97. The van der Waals surface area contributed by atoms with Gasteiger partial charge in [0.1, 0.15) is 0 Å². The van der Waals surface area contributed by atoms with E-state index in [1.54, 1.807) is 0 Å². The largest absolute Gasteiger partial charge is 0.416 e.